The molecular weight excluding hydrogens is 224 g/mol. The van der Waals surface area contributed by atoms with Crippen LogP contribution in [-0.4, -0.2) is 5.16 Å². The number of rotatable bonds is 3. The summed E-state index contributed by atoms with van der Waals surface area (Å²) >= 11 is 0. The first-order valence-corrected chi connectivity index (χ1v) is 6.64. The molecule has 1 unspecified atom stereocenters. The zero-order valence-electron chi connectivity index (χ0n) is 10.4. The zero-order chi connectivity index (χ0) is 12.2. The summed E-state index contributed by atoms with van der Waals surface area (Å²) in [5.41, 5.74) is 3.92. The smallest absolute Gasteiger partial charge is 0.124 e. The molecular formula is C15H18N2O. The highest BCUT2D eigenvalue weighted by Gasteiger charge is 2.17. The molecule has 18 heavy (non-hydrogen) atoms. The van der Waals surface area contributed by atoms with E-state index < -0.39 is 0 Å². The fourth-order valence-electron chi connectivity index (χ4n) is 2.69. The second-order valence-electron chi connectivity index (χ2n) is 4.87. The molecule has 0 amide bonds. The molecule has 3 heteroatoms. The Morgan fingerprint density at radius 1 is 1.22 bits per heavy atom. The molecule has 1 N–H and O–H groups in total. The van der Waals surface area contributed by atoms with E-state index in [1.54, 1.807) is 6.26 Å². The summed E-state index contributed by atoms with van der Waals surface area (Å²) < 4.78 is 4.86. The number of hydrogen-bond donors (Lipinski definition) is 1. The van der Waals surface area contributed by atoms with Gasteiger partial charge in [0.1, 0.15) is 6.26 Å². The van der Waals surface area contributed by atoms with Gasteiger partial charge in [-0.1, -0.05) is 35.8 Å². The van der Waals surface area contributed by atoms with Gasteiger partial charge in [0.25, 0.3) is 0 Å². The molecule has 1 heterocycles. The summed E-state index contributed by atoms with van der Waals surface area (Å²) in [5, 5.41) is 7.54. The zero-order valence-corrected chi connectivity index (χ0v) is 10.4. The van der Waals surface area contributed by atoms with E-state index in [1.807, 2.05) is 6.07 Å². The van der Waals surface area contributed by atoms with Gasteiger partial charge in [0.2, 0.25) is 0 Å². The standard InChI is InChI=1S/C15H18N2O/c1-3-7-14-12(5-1)6-2-4-8-15(14)16-11-13-9-10-18-17-13/h1,3,5,7,9-10,15-16H,2,4,6,8,11H2. The summed E-state index contributed by atoms with van der Waals surface area (Å²) in [6, 6.07) is 11.1. The van der Waals surface area contributed by atoms with Crippen molar-refractivity contribution in [2.75, 3.05) is 0 Å². The topological polar surface area (TPSA) is 38.1 Å². The van der Waals surface area contributed by atoms with E-state index in [9.17, 15) is 0 Å². The van der Waals surface area contributed by atoms with Gasteiger partial charge in [-0.3, -0.25) is 0 Å². The van der Waals surface area contributed by atoms with Crippen molar-refractivity contribution in [3.05, 3.63) is 53.4 Å². The van der Waals surface area contributed by atoms with Crippen LogP contribution in [0.15, 0.2) is 41.1 Å². The van der Waals surface area contributed by atoms with Gasteiger partial charge in [-0.05, 0) is 30.4 Å². The summed E-state index contributed by atoms with van der Waals surface area (Å²) in [6.45, 7) is 0.773. The first-order chi connectivity index (χ1) is 8.93. The number of benzene rings is 1. The summed E-state index contributed by atoms with van der Waals surface area (Å²) in [4.78, 5) is 0. The Hall–Kier alpha value is -1.61. The van der Waals surface area contributed by atoms with E-state index in [0.29, 0.717) is 6.04 Å². The Kier molecular flexibility index (Phi) is 3.42. The van der Waals surface area contributed by atoms with Gasteiger partial charge in [0.05, 0.1) is 5.69 Å². The Morgan fingerprint density at radius 3 is 3.06 bits per heavy atom. The molecule has 3 nitrogen and oxygen atoms in total. The first-order valence-electron chi connectivity index (χ1n) is 6.64. The Labute approximate surface area is 107 Å². The molecule has 1 aliphatic carbocycles. The van der Waals surface area contributed by atoms with Crippen LogP contribution in [0.25, 0.3) is 0 Å². The molecule has 1 atom stereocenters. The quantitative estimate of drug-likeness (QED) is 0.840. The number of aryl methyl sites for hydroxylation is 1. The minimum atomic E-state index is 0.445. The Morgan fingerprint density at radius 2 is 2.17 bits per heavy atom. The third kappa shape index (κ3) is 2.46. The normalized spacial score (nSPS) is 19.2. The molecule has 1 aromatic carbocycles. The lowest BCUT2D eigenvalue weighted by molar-refractivity contribution is 0.402. The molecule has 0 saturated carbocycles. The average Bonchev–Trinajstić information content (AvgIpc) is 2.84. The SMILES string of the molecule is c1ccc2c(c1)CCCCC2NCc1ccon1. The average molecular weight is 242 g/mol. The van der Waals surface area contributed by atoms with Gasteiger partial charge in [-0.2, -0.15) is 0 Å². The highest BCUT2D eigenvalue weighted by atomic mass is 16.5. The fourth-order valence-corrected chi connectivity index (χ4v) is 2.69. The van der Waals surface area contributed by atoms with Crippen molar-refractivity contribution in [2.45, 2.75) is 38.3 Å². The lowest BCUT2D eigenvalue weighted by Crippen LogP contribution is -2.21. The lowest BCUT2D eigenvalue weighted by Gasteiger charge is -2.18. The first kappa shape index (κ1) is 11.5. The monoisotopic (exact) mass is 242 g/mol. The van der Waals surface area contributed by atoms with Crippen molar-refractivity contribution < 1.29 is 4.52 Å². The minimum Gasteiger partial charge on any atom is -0.364 e. The van der Waals surface area contributed by atoms with E-state index in [-0.39, 0.29) is 0 Å². The number of hydrogen-bond acceptors (Lipinski definition) is 3. The largest absolute Gasteiger partial charge is 0.364 e. The van der Waals surface area contributed by atoms with Gasteiger partial charge in [-0.25, -0.2) is 0 Å². The van der Waals surface area contributed by atoms with Gasteiger partial charge < -0.3 is 9.84 Å². The van der Waals surface area contributed by atoms with Crippen LogP contribution in [-0.2, 0) is 13.0 Å². The molecule has 0 fully saturated rings. The van der Waals surface area contributed by atoms with Crippen LogP contribution in [0.1, 0.15) is 42.1 Å². The van der Waals surface area contributed by atoms with Gasteiger partial charge >= 0.3 is 0 Å². The van der Waals surface area contributed by atoms with Crippen molar-refractivity contribution in [1.82, 2.24) is 10.5 Å². The maximum Gasteiger partial charge on any atom is 0.124 e. The molecule has 0 aliphatic heterocycles. The second kappa shape index (κ2) is 5.36. The predicted octanol–water partition coefficient (Wildman–Crippen LogP) is 3.23. The number of aromatic nitrogens is 1. The molecule has 3 rings (SSSR count). The highest BCUT2D eigenvalue weighted by molar-refractivity contribution is 5.31. The van der Waals surface area contributed by atoms with E-state index in [1.165, 1.54) is 36.8 Å². The van der Waals surface area contributed by atoms with Crippen molar-refractivity contribution in [1.29, 1.82) is 0 Å². The second-order valence-corrected chi connectivity index (χ2v) is 4.87. The van der Waals surface area contributed by atoms with Crippen LogP contribution < -0.4 is 5.32 Å². The number of nitrogens with one attached hydrogen (secondary N) is 1. The number of nitrogens with zero attached hydrogens (tertiary/aromatic N) is 1. The molecule has 94 valence electrons. The lowest BCUT2D eigenvalue weighted by atomic mass is 9.99. The third-order valence-electron chi connectivity index (χ3n) is 3.64. The molecule has 1 aliphatic rings. The minimum absolute atomic E-state index is 0.445. The molecule has 1 aromatic heterocycles. The molecule has 0 spiro atoms. The van der Waals surface area contributed by atoms with E-state index in [0.717, 1.165) is 12.2 Å². The van der Waals surface area contributed by atoms with Crippen molar-refractivity contribution >= 4 is 0 Å². The van der Waals surface area contributed by atoms with E-state index >= 15 is 0 Å². The van der Waals surface area contributed by atoms with E-state index in [2.05, 4.69) is 34.7 Å². The third-order valence-corrected chi connectivity index (χ3v) is 3.64. The highest BCUT2D eigenvalue weighted by Crippen LogP contribution is 2.28. The van der Waals surface area contributed by atoms with Crippen LogP contribution in [0.5, 0.6) is 0 Å². The van der Waals surface area contributed by atoms with Crippen LogP contribution in [0.2, 0.25) is 0 Å². The van der Waals surface area contributed by atoms with Crippen molar-refractivity contribution in [3.8, 4) is 0 Å². The van der Waals surface area contributed by atoms with Crippen LogP contribution >= 0.6 is 0 Å². The van der Waals surface area contributed by atoms with Crippen molar-refractivity contribution in [2.24, 2.45) is 0 Å². The maximum absolute atomic E-state index is 4.86. The van der Waals surface area contributed by atoms with Crippen molar-refractivity contribution in [3.63, 3.8) is 0 Å². The summed E-state index contributed by atoms with van der Waals surface area (Å²) in [6.07, 6.45) is 6.61. The molecule has 0 radical (unpaired) electrons. The fraction of sp³-hybridized carbons (Fsp3) is 0.400. The maximum atomic E-state index is 4.86. The van der Waals surface area contributed by atoms with Gasteiger partial charge in [-0.15, -0.1) is 0 Å². The van der Waals surface area contributed by atoms with Crippen LogP contribution in [0.4, 0.5) is 0 Å². The van der Waals surface area contributed by atoms with E-state index in [4.69, 9.17) is 4.52 Å². The predicted molar refractivity (Wildman–Crippen MR) is 70.1 cm³/mol. The summed E-state index contributed by atoms with van der Waals surface area (Å²) in [5.74, 6) is 0. The molecule has 0 saturated heterocycles. The van der Waals surface area contributed by atoms with Gasteiger partial charge in [0.15, 0.2) is 0 Å². The van der Waals surface area contributed by atoms with Gasteiger partial charge in [0, 0.05) is 18.7 Å². The Balaban J connectivity index is 1.75. The van der Waals surface area contributed by atoms with Crippen LogP contribution in [0.3, 0.4) is 0 Å². The molecule has 2 aromatic rings. The number of fused-ring (bicyclic) bond motifs is 1. The van der Waals surface area contributed by atoms with Crippen LogP contribution in [0, 0.1) is 0 Å². The Bertz CT molecular complexity index is 493. The molecule has 0 bridgehead atoms. The summed E-state index contributed by atoms with van der Waals surface area (Å²) in [7, 11) is 0.